The topological polar surface area (TPSA) is 60.0 Å². The fourth-order valence-corrected chi connectivity index (χ4v) is 3.34. The first-order valence-corrected chi connectivity index (χ1v) is 9.76. The monoisotopic (exact) mass is 389 g/mol. The van der Waals surface area contributed by atoms with E-state index < -0.39 is 0 Å². The lowest BCUT2D eigenvalue weighted by Gasteiger charge is -2.36. The van der Waals surface area contributed by atoms with Crippen LogP contribution in [0.4, 0.5) is 5.69 Å². The van der Waals surface area contributed by atoms with Crippen LogP contribution in [0.3, 0.4) is 0 Å². The Balaban J connectivity index is 1.44. The van der Waals surface area contributed by atoms with E-state index in [1.807, 2.05) is 24.3 Å². The van der Waals surface area contributed by atoms with Crippen molar-refractivity contribution in [2.45, 2.75) is 6.54 Å². The number of carbonyl (C=O) groups is 1. The number of carbonyl (C=O) groups excluding carboxylic acids is 1. The van der Waals surface area contributed by atoms with Crippen molar-refractivity contribution in [3.8, 4) is 12.3 Å². The highest BCUT2D eigenvalue weighted by Gasteiger charge is 2.20. The van der Waals surface area contributed by atoms with E-state index in [4.69, 9.17) is 6.42 Å². The molecule has 2 N–H and O–H groups in total. The lowest BCUT2D eigenvalue weighted by atomic mass is 10.2. The van der Waals surface area contributed by atoms with Crippen LogP contribution >= 0.6 is 0 Å². The van der Waals surface area contributed by atoms with E-state index in [1.54, 1.807) is 13.1 Å². The second kappa shape index (κ2) is 10.3. The van der Waals surface area contributed by atoms with E-state index in [1.165, 1.54) is 5.56 Å². The summed E-state index contributed by atoms with van der Waals surface area (Å²) in [5.74, 6) is 3.18. The lowest BCUT2D eigenvalue weighted by Crippen LogP contribution is -2.53. The van der Waals surface area contributed by atoms with Gasteiger partial charge in [-0.15, -0.1) is 6.42 Å². The second-order valence-corrected chi connectivity index (χ2v) is 6.92. The summed E-state index contributed by atoms with van der Waals surface area (Å²) in [6.07, 6.45) is 5.40. The Hall–Kier alpha value is -3.30. The van der Waals surface area contributed by atoms with Crippen molar-refractivity contribution in [3.63, 3.8) is 0 Å². The maximum absolute atomic E-state index is 12.3. The van der Waals surface area contributed by atoms with E-state index in [0.717, 1.165) is 44.2 Å². The molecule has 6 nitrogen and oxygen atoms in total. The zero-order chi connectivity index (χ0) is 20.5. The SMILES string of the molecule is C#Cc1cccc(NC(=O)CNC(=NC)N2CCN(Cc3ccccc3)CC2)c1. The maximum atomic E-state index is 12.3. The molecule has 6 heteroatoms. The van der Waals surface area contributed by atoms with E-state index in [-0.39, 0.29) is 12.5 Å². The molecule has 1 fully saturated rings. The van der Waals surface area contributed by atoms with Gasteiger partial charge in [-0.2, -0.15) is 0 Å². The average Bonchev–Trinajstić information content (AvgIpc) is 2.76. The molecule has 1 heterocycles. The third kappa shape index (κ3) is 6.09. The molecule has 1 aliphatic rings. The Bertz CT molecular complexity index is 880. The molecule has 0 aliphatic carbocycles. The predicted molar refractivity (Wildman–Crippen MR) is 118 cm³/mol. The fraction of sp³-hybridized carbons (Fsp3) is 0.304. The van der Waals surface area contributed by atoms with Crippen molar-refractivity contribution in [3.05, 3.63) is 65.7 Å². The summed E-state index contributed by atoms with van der Waals surface area (Å²) in [6.45, 7) is 4.77. The van der Waals surface area contributed by atoms with Gasteiger partial charge in [-0.1, -0.05) is 42.3 Å². The molecule has 0 saturated carbocycles. The normalized spacial score (nSPS) is 14.9. The van der Waals surface area contributed by atoms with Crippen LogP contribution in [-0.4, -0.2) is 61.4 Å². The zero-order valence-corrected chi connectivity index (χ0v) is 16.8. The summed E-state index contributed by atoms with van der Waals surface area (Å²) in [5, 5.41) is 6.01. The van der Waals surface area contributed by atoms with Crippen LogP contribution in [0.25, 0.3) is 0 Å². The molecule has 1 aliphatic heterocycles. The van der Waals surface area contributed by atoms with Gasteiger partial charge in [-0.25, -0.2) is 0 Å². The van der Waals surface area contributed by atoms with Gasteiger partial charge in [0, 0.05) is 51.0 Å². The van der Waals surface area contributed by atoms with Crippen molar-refractivity contribution in [1.82, 2.24) is 15.1 Å². The lowest BCUT2D eigenvalue weighted by molar-refractivity contribution is -0.115. The third-order valence-electron chi connectivity index (χ3n) is 4.85. The number of terminal acetylenes is 1. The summed E-state index contributed by atoms with van der Waals surface area (Å²) in [4.78, 5) is 21.2. The minimum atomic E-state index is -0.136. The number of piperazine rings is 1. The maximum Gasteiger partial charge on any atom is 0.243 e. The van der Waals surface area contributed by atoms with Crippen molar-refractivity contribution in [2.24, 2.45) is 4.99 Å². The van der Waals surface area contributed by atoms with E-state index in [2.05, 4.69) is 55.6 Å². The molecule has 0 bridgehead atoms. The largest absolute Gasteiger partial charge is 0.347 e. The molecule has 0 atom stereocenters. The standard InChI is InChI=1S/C23H27N5O/c1-3-19-10-7-11-21(16-19)26-22(29)17-25-23(24-2)28-14-12-27(13-15-28)18-20-8-5-4-6-9-20/h1,4-11,16H,12-15,17-18H2,2H3,(H,24,25)(H,26,29). The third-order valence-corrected chi connectivity index (χ3v) is 4.85. The first-order chi connectivity index (χ1) is 14.2. The minimum absolute atomic E-state index is 0.136. The van der Waals surface area contributed by atoms with Crippen LogP contribution in [0.5, 0.6) is 0 Å². The predicted octanol–water partition coefficient (Wildman–Crippen LogP) is 2.00. The number of aliphatic imine (C=N–C) groups is 1. The van der Waals surface area contributed by atoms with Gasteiger partial charge in [-0.05, 0) is 23.8 Å². The molecule has 1 amide bonds. The molecule has 2 aromatic rings. The molecule has 0 spiro atoms. The van der Waals surface area contributed by atoms with E-state index in [9.17, 15) is 4.79 Å². The number of benzene rings is 2. The number of rotatable bonds is 5. The quantitative estimate of drug-likeness (QED) is 0.467. The van der Waals surface area contributed by atoms with E-state index >= 15 is 0 Å². The van der Waals surface area contributed by atoms with Gasteiger partial charge in [0.05, 0.1) is 6.54 Å². The summed E-state index contributed by atoms with van der Waals surface area (Å²) >= 11 is 0. The Morgan fingerprint density at radius 2 is 1.86 bits per heavy atom. The average molecular weight is 390 g/mol. The Morgan fingerprint density at radius 3 is 2.55 bits per heavy atom. The number of guanidine groups is 1. The van der Waals surface area contributed by atoms with Crippen molar-refractivity contribution >= 4 is 17.6 Å². The van der Waals surface area contributed by atoms with Crippen LogP contribution in [-0.2, 0) is 11.3 Å². The highest BCUT2D eigenvalue weighted by Crippen LogP contribution is 2.10. The van der Waals surface area contributed by atoms with Crippen molar-refractivity contribution in [1.29, 1.82) is 0 Å². The molecular weight excluding hydrogens is 362 g/mol. The van der Waals surface area contributed by atoms with Gasteiger partial charge in [0.15, 0.2) is 5.96 Å². The Morgan fingerprint density at radius 1 is 1.10 bits per heavy atom. The molecule has 29 heavy (non-hydrogen) atoms. The zero-order valence-electron chi connectivity index (χ0n) is 16.8. The molecule has 2 aromatic carbocycles. The van der Waals surface area contributed by atoms with E-state index in [0.29, 0.717) is 5.69 Å². The number of nitrogens with one attached hydrogen (secondary N) is 2. The first kappa shape index (κ1) is 20.4. The fourth-order valence-electron chi connectivity index (χ4n) is 3.34. The second-order valence-electron chi connectivity index (χ2n) is 6.92. The van der Waals surface area contributed by atoms with Gasteiger partial charge in [0.2, 0.25) is 5.91 Å². The first-order valence-electron chi connectivity index (χ1n) is 9.76. The minimum Gasteiger partial charge on any atom is -0.347 e. The summed E-state index contributed by atoms with van der Waals surface area (Å²) in [6, 6.07) is 17.8. The van der Waals surface area contributed by atoms with Crippen LogP contribution in [0.15, 0.2) is 59.6 Å². The Labute approximate surface area is 172 Å². The molecule has 0 radical (unpaired) electrons. The number of nitrogens with zero attached hydrogens (tertiary/aromatic N) is 3. The number of hydrogen-bond acceptors (Lipinski definition) is 3. The van der Waals surface area contributed by atoms with Gasteiger partial charge >= 0.3 is 0 Å². The highest BCUT2D eigenvalue weighted by molar-refractivity contribution is 5.95. The van der Waals surface area contributed by atoms with Crippen LogP contribution in [0, 0.1) is 12.3 Å². The molecular formula is C23H27N5O. The number of amides is 1. The van der Waals surface area contributed by atoms with Crippen LogP contribution in [0.1, 0.15) is 11.1 Å². The summed E-state index contributed by atoms with van der Waals surface area (Å²) in [7, 11) is 1.74. The van der Waals surface area contributed by atoms with Gasteiger partial charge in [-0.3, -0.25) is 14.7 Å². The summed E-state index contributed by atoms with van der Waals surface area (Å²) < 4.78 is 0. The Kier molecular flexibility index (Phi) is 7.26. The molecule has 0 unspecified atom stereocenters. The van der Waals surface area contributed by atoms with Crippen LogP contribution < -0.4 is 10.6 Å². The molecule has 3 rings (SSSR count). The van der Waals surface area contributed by atoms with Gasteiger partial charge in [0.1, 0.15) is 0 Å². The number of hydrogen-bond donors (Lipinski definition) is 2. The van der Waals surface area contributed by atoms with Gasteiger partial charge in [0.25, 0.3) is 0 Å². The smallest absolute Gasteiger partial charge is 0.243 e. The van der Waals surface area contributed by atoms with Crippen molar-refractivity contribution < 1.29 is 4.79 Å². The molecule has 1 saturated heterocycles. The van der Waals surface area contributed by atoms with Crippen molar-refractivity contribution in [2.75, 3.05) is 45.1 Å². The van der Waals surface area contributed by atoms with Gasteiger partial charge < -0.3 is 15.5 Å². The highest BCUT2D eigenvalue weighted by atomic mass is 16.1. The summed E-state index contributed by atoms with van der Waals surface area (Å²) in [5.41, 5.74) is 2.76. The van der Waals surface area contributed by atoms with Crippen LogP contribution in [0.2, 0.25) is 0 Å². The molecule has 0 aromatic heterocycles. The number of anilines is 1. The molecule has 150 valence electrons.